The summed E-state index contributed by atoms with van der Waals surface area (Å²) in [4.78, 5) is 14.3. The largest absolute Gasteiger partial charge is 0.314 e. The number of carbonyl (C=O) groups excluding carboxylic acids is 1. The number of benzene rings is 2. The van der Waals surface area contributed by atoms with Crippen LogP contribution in [0.1, 0.15) is 18.1 Å². The van der Waals surface area contributed by atoms with Crippen LogP contribution in [0, 0.1) is 5.82 Å². The van der Waals surface area contributed by atoms with Crippen molar-refractivity contribution in [3.63, 3.8) is 0 Å². The van der Waals surface area contributed by atoms with Gasteiger partial charge in [-0.15, -0.1) is 0 Å². The van der Waals surface area contributed by atoms with E-state index < -0.39 is 5.41 Å². The molecule has 1 heterocycles. The highest BCUT2D eigenvalue weighted by molar-refractivity contribution is 6.07. The first-order valence-electron chi connectivity index (χ1n) is 6.65. The minimum Gasteiger partial charge on any atom is -0.314 e. The van der Waals surface area contributed by atoms with Crippen LogP contribution in [0.15, 0.2) is 48.5 Å². The molecule has 0 saturated heterocycles. The van der Waals surface area contributed by atoms with Gasteiger partial charge in [-0.05, 0) is 36.6 Å². The molecule has 0 bridgehead atoms. The van der Waals surface area contributed by atoms with Gasteiger partial charge in [0.15, 0.2) is 0 Å². The average molecular weight is 269 g/mol. The standard InChI is InChI=1S/C17H16FNO/c1-17(11-12-7-3-5-9-14(12)18)13-8-4-6-10-15(13)19(2)16(17)20/h3-10H,11H2,1-2H3. The van der Waals surface area contributed by atoms with Crippen molar-refractivity contribution in [1.29, 1.82) is 0 Å². The number of hydrogen-bond donors (Lipinski definition) is 0. The zero-order valence-electron chi connectivity index (χ0n) is 11.6. The molecule has 0 aromatic heterocycles. The first-order valence-corrected chi connectivity index (χ1v) is 6.65. The van der Waals surface area contributed by atoms with Crippen LogP contribution in [0.4, 0.5) is 10.1 Å². The smallest absolute Gasteiger partial charge is 0.237 e. The third-order valence-corrected chi connectivity index (χ3v) is 4.14. The topological polar surface area (TPSA) is 20.3 Å². The van der Waals surface area contributed by atoms with E-state index in [2.05, 4.69) is 0 Å². The summed E-state index contributed by atoms with van der Waals surface area (Å²) >= 11 is 0. The molecule has 102 valence electrons. The van der Waals surface area contributed by atoms with Crippen molar-refractivity contribution in [1.82, 2.24) is 0 Å². The SMILES string of the molecule is CN1C(=O)C(C)(Cc2ccccc2F)c2ccccc21. The molecule has 20 heavy (non-hydrogen) atoms. The first-order chi connectivity index (χ1) is 9.54. The van der Waals surface area contributed by atoms with Gasteiger partial charge in [-0.3, -0.25) is 4.79 Å². The number of anilines is 1. The molecule has 0 N–H and O–H groups in total. The van der Waals surface area contributed by atoms with E-state index in [1.165, 1.54) is 6.07 Å². The fourth-order valence-corrected chi connectivity index (χ4v) is 3.02. The Bertz CT molecular complexity index is 682. The maximum absolute atomic E-state index is 13.9. The van der Waals surface area contributed by atoms with E-state index in [1.807, 2.05) is 31.2 Å². The van der Waals surface area contributed by atoms with E-state index >= 15 is 0 Å². The summed E-state index contributed by atoms with van der Waals surface area (Å²) in [5, 5.41) is 0. The second kappa shape index (κ2) is 4.44. The van der Waals surface area contributed by atoms with Crippen LogP contribution < -0.4 is 4.90 Å². The quantitative estimate of drug-likeness (QED) is 0.819. The lowest BCUT2D eigenvalue weighted by molar-refractivity contribution is -0.122. The van der Waals surface area contributed by atoms with Crippen LogP contribution in [0.25, 0.3) is 0 Å². The molecule has 1 amide bonds. The number of nitrogens with zero attached hydrogens (tertiary/aromatic N) is 1. The predicted molar refractivity (Wildman–Crippen MR) is 77.3 cm³/mol. The molecule has 2 aromatic carbocycles. The monoisotopic (exact) mass is 269 g/mol. The van der Waals surface area contributed by atoms with E-state index in [4.69, 9.17) is 0 Å². The minimum atomic E-state index is -0.701. The van der Waals surface area contributed by atoms with E-state index in [0.717, 1.165) is 11.3 Å². The maximum Gasteiger partial charge on any atom is 0.237 e. The van der Waals surface area contributed by atoms with Gasteiger partial charge in [0.2, 0.25) is 5.91 Å². The Morgan fingerprint density at radius 3 is 2.50 bits per heavy atom. The molecule has 0 aliphatic carbocycles. The third-order valence-electron chi connectivity index (χ3n) is 4.14. The van der Waals surface area contributed by atoms with Crippen LogP contribution in [-0.4, -0.2) is 13.0 Å². The maximum atomic E-state index is 13.9. The van der Waals surface area contributed by atoms with Crippen molar-refractivity contribution >= 4 is 11.6 Å². The van der Waals surface area contributed by atoms with Crippen LogP contribution >= 0.6 is 0 Å². The second-order valence-corrected chi connectivity index (χ2v) is 5.48. The predicted octanol–water partition coefficient (Wildman–Crippen LogP) is 3.30. The van der Waals surface area contributed by atoms with Gasteiger partial charge in [0.1, 0.15) is 5.82 Å². The summed E-state index contributed by atoms with van der Waals surface area (Å²) < 4.78 is 13.9. The normalized spacial score (nSPS) is 21.1. The molecule has 0 saturated carbocycles. The van der Waals surface area contributed by atoms with Gasteiger partial charge in [-0.2, -0.15) is 0 Å². The fraction of sp³-hybridized carbons (Fsp3) is 0.235. The lowest BCUT2D eigenvalue weighted by atomic mass is 9.78. The van der Waals surface area contributed by atoms with Gasteiger partial charge < -0.3 is 4.90 Å². The molecule has 3 heteroatoms. The Hall–Kier alpha value is -2.16. The molecule has 1 aliphatic rings. The molecule has 3 rings (SSSR count). The number of para-hydroxylation sites is 1. The van der Waals surface area contributed by atoms with Gasteiger partial charge in [-0.25, -0.2) is 4.39 Å². The molecule has 0 fully saturated rings. The zero-order chi connectivity index (χ0) is 14.3. The van der Waals surface area contributed by atoms with Crippen molar-refractivity contribution in [3.8, 4) is 0 Å². The molecule has 1 unspecified atom stereocenters. The van der Waals surface area contributed by atoms with E-state index in [1.54, 1.807) is 30.1 Å². The van der Waals surface area contributed by atoms with Crippen molar-refractivity contribution in [3.05, 3.63) is 65.5 Å². The highest BCUT2D eigenvalue weighted by atomic mass is 19.1. The van der Waals surface area contributed by atoms with Crippen LogP contribution in [-0.2, 0) is 16.6 Å². The molecule has 2 aromatic rings. The minimum absolute atomic E-state index is 0.0157. The van der Waals surface area contributed by atoms with Gasteiger partial charge in [0, 0.05) is 12.7 Å². The molecular weight excluding hydrogens is 253 g/mol. The molecule has 2 nitrogen and oxygen atoms in total. The van der Waals surface area contributed by atoms with Crippen molar-refractivity contribution in [2.75, 3.05) is 11.9 Å². The first kappa shape index (κ1) is 12.9. The summed E-state index contributed by atoms with van der Waals surface area (Å²) in [5.41, 5.74) is 1.76. The van der Waals surface area contributed by atoms with E-state index in [9.17, 15) is 9.18 Å². The molecule has 0 spiro atoms. The van der Waals surface area contributed by atoms with Gasteiger partial charge in [0.05, 0.1) is 5.41 Å². The summed E-state index contributed by atoms with van der Waals surface area (Å²) in [6, 6.07) is 14.4. The Morgan fingerprint density at radius 2 is 1.75 bits per heavy atom. The highest BCUT2D eigenvalue weighted by Gasteiger charge is 2.45. The van der Waals surface area contributed by atoms with Gasteiger partial charge in [-0.1, -0.05) is 36.4 Å². The average Bonchev–Trinajstić information content (AvgIpc) is 2.65. The molecule has 1 atom stereocenters. The zero-order valence-corrected chi connectivity index (χ0v) is 11.6. The lowest BCUT2D eigenvalue weighted by Gasteiger charge is -2.23. The number of carbonyl (C=O) groups is 1. The number of halogens is 1. The number of hydrogen-bond acceptors (Lipinski definition) is 1. The van der Waals surface area contributed by atoms with Crippen LogP contribution in [0.3, 0.4) is 0 Å². The summed E-state index contributed by atoms with van der Waals surface area (Å²) in [6.45, 7) is 1.89. The van der Waals surface area contributed by atoms with Gasteiger partial charge in [0.25, 0.3) is 0 Å². The number of rotatable bonds is 2. The Morgan fingerprint density at radius 1 is 1.10 bits per heavy atom. The number of likely N-dealkylation sites (N-methyl/N-ethyl adjacent to an activating group) is 1. The Balaban J connectivity index is 2.08. The highest BCUT2D eigenvalue weighted by Crippen LogP contribution is 2.43. The van der Waals surface area contributed by atoms with Crippen molar-refractivity contribution in [2.24, 2.45) is 0 Å². The molecular formula is C17H16FNO. The summed E-state index contributed by atoms with van der Waals surface area (Å²) in [5.74, 6) is -0.240. The lowest BCUT2D eigenvalue weighted by Crippen LogP contribution is -2.38. The number of fused-ring (bicyclic) bond motifs is 1. The van der Waals surface area contributed by atoms with Crippen molar-refractivity contribution in [2.45, 2.75) is 18.8 Å². The van der Waals surface area contributed by atoms with Crippen LogP contribution in [0.2, 0.25) is 0 Å². The molecule has 1 aliphatic heterocycles. The summed E-state index contributed by atoms with van der Waals surface area (Å²) in [7, 11) is 1.77. The Kier molecular flexibility index (Phi) is 2.85. The number of amides is 1. The van der Waals surface area contributed by atoms with Crippen LogP contribution in [0.5, 0.6) is 0 Å². The second-order valence-electron chi connectivity index (χ2n) is 5.48. The van der Waals surface area contributed by atoms with Crippen molar-refractivity contribution < 1.29 is 9.18 Å². The third kappa shape index (κ3) is 1.73. The summed E-state index contributed by atoms with van der Waals surface area (Å²) in [6.07, 6.45) is 0.375. The fourth-order valence-electron chi connectivity index (χ4n) is 3.02. The van der Waals surface area contributed by atoms with E-state index in [-0.39, 0.29) is 11.7 Å². The van der Waals surface area contributed by atoms with Gasteiger partial charge >= 0.3 is 0 Å². The molecule has 0 radical (unpaired) electrons. The Labute approximate surface area is 117 Å². The van der Waals surface area contributed by atoms with E-state index in [0.29, 0.717) is 12.0 Å².